The molecule has 0 unspecified atom stereocenters. The Morgan fingerprint density at radius 2 is 1.96 bits per heavy atom. The SMILES string of the molecule is CCCCCOc1cc(C)ccc1CNC(=NC)NCCC(=O)N(C)C.I. The van der Waals surface area contributed by atoms with E-state index in [-0.39, 0.29) is 29.9 Å². The lowest BCUT2D eigenvalue weighted by atomic mass is 10.1. The van der Waals surface area contributed by atoms with Gasteiger partial charge in [0.25, 0.3) is 0 Å². The standard InChI is InChI=1S/C20H34N4O2.HI/c1-6-7-8-13-26-18-14-16(2)9-10-17(18)15-23-20(21-3)22-12-11-19(25)24(4)5;/h9-10,14H,6-8,11-13,15H2,1-5H3,(H2,21,22,23);1H. The first kappa shape index (κ1) is 25.5. The third-order valence-corrected chi connectivity index (χ3v) is 4.03. The molecule has 7 heteroatoms. The Kier molecular flexibility index (Phi) is 13.7. The van der Waals surface area contributed by atoms with Crippen LogP contribution in [0.4, 0.5) is 0 Å². The van der Waals surface area contributed by atoms with Crippen molar-refractivity contribution < 1.29 is 9.53 Å². The molecule has 0 fully saturated rings. The van der Waals surface area contributed by atoms with Crippen LogP contribution in [0, 0.1) is 6.92 Å². The Bertz CT molecular complexity index is 591. The number of guanidine groups is 1. The summed E-state index contributed by atoms with van der Waals surface area (Å²) in [5, 5.41) is 6.45. The molecule has 154 valence electrons. The second-order valence-corrected chi connectivity index (χ2v) is 6.56. The molecule has 0 heterocycles. The average molecular weight is 490 g/mol. The summed E-state index contributed by atoms with van der Waals surface area (Å²) in [6.45, 7) is 6.16. The average Bonchev–Trinajstić information content (AvgIpc) is 2.62. The van der Waals surface area contributed by atoms with Gasteiger partial charge in [-0.25, -0.2) is 0 Å². The van der Waals surface area contributed by atoms with E-state index >= 15 is 0 Å². The number of aryl methyl sites for hydroxylation is 1. The van der Waals surface area contributed by atoms with Gasteiger partial charge in [-0.3, -0.25) is 9.79 Å². The number of carbonyl (C=O) groups is 1. The quantitative estimate of drug-likeness (QED) is 0.229. The molecule has 1 amide bonds. The molecule has 0 aliphatic rings. The zero-order valence-corrected chi connectivity index (χ0v) is 19.6. The van der Waals surface area contributed by atoms with E-state index < -0.39 is 0 Å². The van der Waals surface area contributed by atoms with Gasteiger partial charge >= 0.3 is 0 Å². The van der Waals surface area contributed by atoms with Gasteiger partial charge in [0.05, 0.1) is 6.61 Å². The van der Waals surface area contributed by atoms with Crippen molar-refractivity contribution in [3.05, 3.63) is 29.3 Å². The van der Waals surface area contributed by atoms with Gasteiger partial charge in [0.1, 0.15) is 5.75 Å². The fraction of sp³-hybridized carbons (Fsp3) is 0.600. The minimum absolute atomic E-state index is 0. The zero-order chi connectivity index (χ0) is 19.4. The maximum atomic E-state index is 11.6. The Hall–Kier alpha value is -1.51. The van der Waals surface area contributed by atoms with Crippen molar-refractivity contribution in [2.45, 2.75) is 46.1 Å². The summed E-state index contributed by atoms with van der Waals surface area (Å²) >= 11 is 0. The summed E-state index contributed by atoms with van der Waals surface area (Å²) in [5.74, 6) is 1.69. The van der Waals surface area contributed by atoms with E-state index in [4.69, 9.17) is 4.74 Å². The molecule has 1 aromatic carbocycles. The van der Waals surface area contributed by atoms with Gasteiger partial charge in [0, 0.05) is 46.2 Å². The summed E-state index contributed by atoms with van der Waals surface area (Å²) in [4.78, 5) is 17.4. The lowest BCUT2D eigenvalue weighted by Gasteiger charge is -2.16. The van der Waals surface area contributed by atoms with Gasteiger partial charge in [0.2, 0.25) is 5.91 Å². The number of halogens is 1. The third kappa shape index (κ3) is 10.4. The van der Waals surface area contributed by atoms with Gasteiger partial charge in [-0.05, 0) is 25.0 Å². The Labute approximate surface area is 181 Å². The molecule has 0 bridgehead atoms. The first-order valence-electron chi connectivity index (χ1n) is 9.35. The number of amides is 1. The van der Waals surface area contributed by atoms with E-state index in [1.54, 1.807) is 26.0 Å². The highest BCUT2D eigenvalue weighted by Crippen LogP contribution is 2.20. The van der Waals surface area contributed by atoms with Crippen molar-refractivity contribution in [3.63, 3.8) is 0 Å². The van der Waals surface area contributed by atoms with E-state index in [1.807, 2.05) is 0 Å². The molecule has 0 spiro atoms. The molecule has 0 saturated carbocycles. The first-order valence-corrected chi connectivity index (χ1v) is 9.35. The predicted octanol–water partition coefficient (Wildman–Crippen LogP) is 3.33. The number of hydrogen-bond acceptors (Lipinski definition) is 3. The highest BCUT2D eigenvalue weighted by Gasteiger charge is 2.07. The van der Waals surface area contributed by atoms with Crippen LogP contribution in [0.15, 0.2) is 23.2 Å². The van der Waals surface area contributed by atoms with E-state index in [0.717, 1.165) is 24.3 Å². The summed E-state index contributed by atoms with van der Waals surface area (Å²) in [7, 11) is 5.24. The van der Waals surface area contributed by atoms with Gasteiger partial charge in [-0.15, -0.1) is 24.0 Å². The van der Waals surface area contributed by atoms with Crippen LogP contribution in [-0.2, 0) is 11.3 Å². The normalized spacial score (nSPS) is 10.8. The highest BCUT2D eigenvalue weighted by molar-refractivity contribution is 14.0. The number of aliphatic imine (C=N–C) groups is 1. The molecule has 0 aliphatic carbocycles. The minimum atomic E-state index is 0. The maximum Gasteiger partial charge on any atom is 0.223 e. The monoisotopic (exact) mass is 490 g/mol. The Morgan fingerprint density at radius 1 is 1.22 bits per heavy atom. The topological polar surface area (TPSA) is 66.0 Å². The van der Waals surface area contributed by atoms with E-state index in [0.29, 0.717) is 25.5 Å². The third-order valence-electron chi connectivity index (χ3n) is 4.03. The van der Waals surface area contributed by atoms with Crippen LogP contribution >= 0.6 is 24.0 Å². The van der Waals surface area contributed by atoms with Gasteiger partial charge in [0.15, 0.2) is 5.96 Å². The number of nitrogens with one attached hydrogen (secondary N) is 2. The molecule has 0 aliphatic heterocycles. The van der Waals surface area contributed by atoms with Crippen LogP contribution in [0.5, 0.6) is 5.75 Å². The minimum Gasteiger partial charge on any atom is -0.493 e. The molecule has 0 aromatic heterocycles. The summed E-state index contributed by atoms with van der Waals surface area (Å²) in [5.41, 5.74) is 2.28. The maximum absolute atomic E-state index is 11.6. The van der Waals surface area contributed by atoms with Gasteiger partial charge in [-0.2, -0.15) is 0 Å². The lowest BCUT2D eigenvalue weighted by Crippen LogP contribution is -2.38. The summed E-state index contributed by atoms with van der Waals surface area (Å²) < 4.78 is 5.97. The fourth-order valence-corrected chi connectivity index (χ4v) is 2.39. The second-order valence-electron chi connectivity index (χ2n) is 6.56. The molecular weight excluding hydrogens is 455 g/mol. The molecule has 6 nitrogen and oxygen atoms in total. The number of ether oxygens (including phenoxy) is 1. The predicted molar refractivity (Wildman–Crippen MR) is 123 cm³/mol. The first-order chi connectivity index (χ1) is 12.5. The molecular formula is C20H35IN4O2. The van der Waals surface area contributed by atoms with Gasteiger partial charge < -0.3 is 20.3 Å². The fourth-order valence-electron chi connectivity index (χ4n) is 2.39. The summed E-state index contributed by atoms with van der Waals surface area (Å²) in [6, 6.07) is 6.25. The smallest absolute Gasteiger partial charge is 0.223 e. The van der Waals surface area contributed by atoms with E-state index in [2.05, 4.69) is 47.7 Å². The molecule has 2 N–H and O–H groups in total. The molecule has 27 heavy (non-hydrogen) atoms. The molecule has 0 radical (unpaired) electrons. The lowest BCUT2D eigenvalue weighted by molar-refractivity contribution is -0.128. The molecule has 0 atom stereocenters. The highest BCUT2D eigenvalue weighted by atomic mass is 127. The number of carbonyl (C=O) groups excluding carboxylic acids is 1. The van der Waals surface area contributed by atoms with Crippen molar-refractivity contribution >= 4 is 35.8 Å². The second kappa shape index (κ2) is 14.5. The number of nitrogens with zero attached hydrogens (tertiary/aromatic N) is 2. The summed E-state index contributed by atoms with van der Waals surface area (Å²) in [6.07, 6.45) is 3.87. The van der Waals surface area contributed by atoms with Crippen LogP contribution in [0.1, 0.15) is 43.7 Å². The van der Waals surface area contributed by atoms with Crippen LogP contribution in [0.3, 0.4) is 0 Å². The number of hydrogen-bond donors (Lipinski definition) is 2. The molecule has 0 saturated heterocycles. The number of unbranched alkanes of at least 4 members (excludes halogenated alkanes) is 2. The molecule has 1 rings (SSSR count). The number of benzene rings is 1. The van der Waals surface area contributed by atoms with Crippen molar-refractivity contribution in [2.75, 3.05) is 34.3 Å². The van der Waals surface area contributed by atoms with Crippen molar-refractivity contribution in [3.8, 4) is 5.75 Å². The number of rotatable bonds is 10. The molecule has 1 aromatic rings. The van der Waals surface area contributed by atoms with E-state index in [1.165, 1.54) is 18.4 Å². The Balaban J connectivity index is 0.00000676. The Morgan fingerprint density at radius 3 is 2.59 bits per heavy atom. The van der Waals surface area contributed by atoms with Crippen LogP contribution in [0.2, 0.25) is 0 Å². The van der Waals surface area contributed by atoms with Crippen molar-refractivity contribution in [2.24, 2.45) is 4.99 Å². The van der Waals surface area contributed by atoms with E-state index in [9.17, 15) is 4.79 Å². The largest absolute Gasteiger partial charge is 0.493 e. The van der Waals surface area contributed by atoms with Gasteiger partial charge in [-0.1, -0.05) is 31.9 Å². The zero-order valence-electron chi connectivity index (χ0n) is 17.3. The van der Waals surface area contributed by atoms with Crippen LogP contribution < -0.4 is 15.4 Å². The van der Waals surface area contributed by atoms with Crippen LogP contribution in [0.25, 0.3) is 0 Å². The van der Waals surface area contributed by atoms with Crippen LogP contribution in [-0.4, -0.2) is 51.1 Å². The van der Waals surface area contributed by atoms with Crippen molar-refractivity contribution in [1.29, 1.82) is 0 Å². The van der Waals surface area contributed by atoms with Crippen molar-refractivity contribution in [1.82, 2.24) is 15.5 Å².